The van der Waals surface area contributed by atoms with Crippen molar-refractivity contribution in [2.24, 2.45) is 0 Å². The third-order valence-electron chi connectivity index (χ3n) is 3.44. The third kappa shape index (κ3) is 6.07. The van der Waals surface area contributed by atoms with Crippen LogP contribution in [0.2, 0.25) is 5.02 Å². The van der Waals surface area contributed by atoms with Gasteiger partial charge in [-0.05, 0) is 48.9 Å². The first-order valence-electron chi connectivity index (χ1n) is 7.91. The second kappa shape index (κ2) is 9.14. The van der Waals surface area contributed by atoms with Crippen LogP contribution in [0.3, 0.4) is 0 Å². The van der Waals surface area contributed by atoms with E-state index in [2.05, 4.69) is 5.32 Å². The summed E-state index contributed by atoms with van der Waals surface area (Å²) in [5.41, 5.74) is 0.722. The number of ketones is 1. The lowest BCUT2D eigenvalue weighted by Gasteiger charge is -2.10. The summed E-state index contributed by atoms with van der Waals surface area (Å²) >= 11 is 5.83. The zero-order valence-electron chi connectivity index (χ0n) is 14.7. The molecule has 0 bridgehead atoms. The molecule has 0 saturated heterocycles. The zero-order chi connectivity index (χ0) is 20.0. The summed E-state index contributed by atoms with van der Waals surface area (Å²) in [4.78, 5) is 34.7. The van der Waals surface area contributed by atoms with Crippen molar-refractivity contribution in [3.63, 3.8) is 0 Å². The fourth-order valence-electron chi connectivity index (χ4n) is 2.20. The molecule has 0 spiro atoms. The van der Waals surface area contributed by atoms with Gasteiger partial charge in [0, 0.05) is 17.6 Å². The van der Waals surface area contributed by atoms with Gasteiger partial charge in [-0.15, -0.1) is 0 Å². The molecular formula is C19H17ClFNO5. The average molecular weight is 394 g/mol. The Balaban J connectivity index is 1.87. The second-order valence-electron chi connectivity index (χ2n) is 5.66. The van der Waals surface area contributed by atoms with E-state index < -0.39 is 30.8 Å². The van der Waals surface area contributed by atoms with Crippen LogP contribution in [-0.4, -0.2) is 30.9 Å². The highest BCUT2D eigenvalue weighted by Crippen LogP contribution is 2.21. The molecule has 2 aromatic carbocycles. The first kappa shape index (κ1) is 20.4. The van der Waals surface area contributed by atoms with E-state index in [4.69, 9.17) is 21.1 Å². The molecule has 0 fully saturated rings. The van der Waals surface area contributed by atoms with Crippen molar-refractivity contribution in [1.29, 1.82) is 0 Å². The van der Waals surface area contributed by atoms with E-state index in [-0.39, 0.29) is 17.2 Å². The first-order chi connectivity index (χ1) is 12.8. The number of amides is 1. The fraction of sp³-hybridized carbons (Fsp3) is 0.211. The van der Waals surface area contributed by atoms with Crippen molar-refractivity contribution < 1.29 is 28.2 Å². The number of hydrogen-bond donors (Lipinski definition) is 1. The van der Waals surface area contributed by atoms with Crippen LogP contribution in [0.1, 0.15) is 22.8 Å². The molecule has 0 saturated carbocycles. The number of ether oxygens (including phenoxy) is 2. The molecule has 142 valence electrons. The van der Waals surface area contributed by atoms with E-state index in [9.17, 15) is 18.8 Å². The number of esters is 1. The van der Waals surface area contributed by atoms with E-state index in [1.165, 1.54) is 19.1 Å². The number of aryl methyl sites for hydroxylation is 1. The lowest BCUT2D eigenvalue weighted by Crippen LogP contribution is -2.20. The summed E-state index contributed by atoms with van der Waals surface area (Å²) in [6, 6.07) is 8.52. The standard InChI is InChI=1S/C19H17ClFNO5/c1-11-7-13(20)3-6-18(11)26-10-19(25)27-9-17(24)15-5-4-14(8-16(15)21)22-12(2)23/h3-8H,9-10H2,1-2H3,(H,22,23). The van der Waals surface area contributed by atoms with Crippen LogP contribution in [0.15, 0.2) is 36.4 Å². The number of anilines is 1. The maximum absolute atomic E-state index is 14.0. The zero-order valence-corrected chi connectivity index (χ0v) is 15.4. The lowest BCUT2D eigenvalue weighted by molar-refractivity contribution is -0.144. The number of halogens is 2. The number of benzene rings is 2. The number of carbonyl (C=O) groups excluding carboxylic acids is 3. The Hall–Kier alpha value is -2.93. The Morgan fingerprint density at radius 1 is 1.11 bits per heavy atom. The lowest BCUT2D eigenvalue weighted by atomic mass is 10.1. The molecule has 1 N–H and O–H groups in total. The summed E-state index contributed by atoms with van der Waals surface area (Å²) in [6.45, 7) is 2.02. The molecule has 0 aliphatic carbocycles. The van der Waals surface area contributed by atoms with E-state index in [0.717, 1.165) is 11.6 Å². The average Bonchev–Trinajstić information content (AvgIpc) is 2.58. The monoisotopic (exact) mass is 393 g/mol. The molecule has 0 aromatic heterocycles. The minimum absolute atomic E-state index is 0.222. The Labute approximate surface area is 160 Å². The number of hydrogen-bond acceptors (Lipinski definition) is 5. The molecule has 0 aliphatic heterocycles. The van der Waals surface area contributed by atoms with E-state index in [1.54, 1.807) is 25.1 Å². The van der Waals surface area contributed by atoms with Gasteiger partial charge in [0.05, 0.1) is 5.56 Å². The number of nitrogens with one attached hydrogen (secondary N) is 1. The summed E-state index contributed by atoms with van der Waals surface area (Å²) in [5, 5.41) is 2.94. The smallest absolute Gasteiger partial charge is 0.344 e. The first-order valence-corrected chi connectivity index (χ1v) is 8.29. The predicted molar refractivity (Wildman–Crippen MR) is 97.7 cm³/mol. The molecule has 2 rings (SSSR count). The third-order valence-corrected chi connectivity index (χ3v) is 3.67. The van der Waals surface area contributed by atoms with E-state index >= 15 is 0 Å². The number of Topliss-reactive ketones (excluding diaryl/α,β-unsaturated/α-hetero) is 1. The number of rotatable bonds is 7. The van der Waals surface area contributed by atoms with Gasteiger partial charge in [0.2, 0.25) is 11.7 Å². The topological polar surface area (TPSA) is 81.7 Å². The summed E-state index contributed by atoms with van der Waals surface area (Å²) < 4.78 is 24.1. The van der Waals surface area contributed by atoms with Crippen molar-refractivity contribution >= 4 is 34.9 Å². The highest BCUT2D eigenvalue weighted by Gasteiger charge is 2.15. The molecule has 1 amide bonds. The molecule has 2 aromatic rings. The van der Waals surface area contributed by atoms with Crippen LogP contribution in [-0.2, 0) is 14.3 Å². The molecule has 0 unspecified atom stereocenters. The van der Waals surface area contributed by atoms with Gasteiger partial charge in [-0.25, -0.2) is 9.18 Å². The van der Waals surface area contributed by atoms with Crippen LogP contribution in [0.4, 0.5) is 10.1 Å². The SMILES string of the molecule is CC(=O)Nc1ccc(C(=O)COC(=O)COc2ccc(Cl)cc2C)c(F)c1. The normalized spacial score (nSPS) is 10.2. The summed E-state index contributed by atoms with van der Waals surface area (Å²) in [5.74, 6) is -2.21. The van der Waals surface area contributed by atoms with Gasteiger partial charge in [-0.2, -0.15) is 0 Å². The molecule has 0 aliphatic rings. The van der Waals surface area contributed by atoms with Gasteiger partial charge < -0.3 is 14.8 Å². The van der Waals surface area contributed by atoms with Gasteiger partial charge in [-0.1, -0.05) is 11.6 Å². The van der Waals surface area contributed by atoms with Crippen LogP contribution in [0.5, 0.6) is 5.75 Å². The molecule has 6 nitrogen and oxygen atoms in total. The van der Waals surface area contributed by atoms with E-state index in [1.807, 2.05) is 0 Å². The van der Waals surface area contributed by atoms with Crippen LogP contribution in [0, 0.1) is 12.7 Å². The predicted octanol–water partition coefficient (Wildman–Crippen LogP) is 3.55. The van der Waals surface area contributed by atoms with Crippen molar-refractivity contribution in [2.45, 2.75) is 13.8 Å². The highest BCUT2D eigenvalue weighted by atomic mass is 35.5. The van der Waals surface area contributed by atoms with Crippen LogP contribution in [0.25, 0.3) is 0 Å². The van der Waals surface area contributed by atoms with Crippen molar-refractivity contribution in [3.8, 4) is 5.75 Å². The molecule has 27 heavy (non-hydrogen) atoms. The minimum Gasteiger partial charge on any atom is -0.482 e. The Morgan fingerprint density at radius 2 is 1.85 bits per heavy atom. The molecule has 0 atom stereocenters. The number of carbonyl (C=O) groups is 3. The minimum atomic E-state index is -0.824. The van der Waals surface area contributed by atoms with E-state index in [0.29, 0.717) is 10.8 Å². The molecule has 0 radical (unpaired) electrons. The maximum atomic E-state index is 14.0. The van der Waals surface area contributed by atoms with Crippen molar-refractivity contribution in [2.75, 3.05) is 18.5 Å². The largest absolute Gasteiger partial charge is 0.482 e. The summed E-state index contributed by atoms with van der Waals surface area (Å²) in [6.07, 6.45) is 0. The van der Waals surface area contributed by atoms with Gasteiger partial charge >= 0.3 is 5.97 Å². The van der Waals surface area contributed by atoms with Crippen molar-refractivity contribution in [3.05, 3.63) is 58.4 Å². The Kier molecular flexibility index (Phi) is 6.90. The quantitative estimate of drug-likeness (QED) is 0.574. The summed E-state index contributed by atoms with van der Waals surface area (Å²) in [7, 11) is 0. The highest BCUT2D eigenvalue weighted by molar-refractivity contribution is 6.30. The van der Waals surface area contributed by atoms with Crippen molar-refractivity contribution in [1.82, 2.24) is 0 Å². The second-order valence-corrected chi connectivity index (χ2v) is 6.09. The van der Waals surface area contributed by atoms with Gasteiger partial charge in [-0.3, -0.25) is 9.59 Å². The van der Waals surface area contributed by atoms with Crippen LogP contribution >= 0.6 is 11.6 Å². The molecule has 0 heterocycles. The van der Waals surface area contributed by atoms with Crippen LogP contribution < -0.4 is 10.1 Å². The van der Waals surface area contributed by atoms with Gasteiger partial charge in [0.1, 0.15) is 11.6 Å². The van der Waals surface area contributed by atoms with Gasteiger partial charge in [0.25, 0.3) is 0 Å². The molecule has 8 heteroatoms. The maximum Gasteiger partial charge on any atom is 0.344 e. The molecular weight excluding hydrogens is 377 g/mol. The fourth-order valence-corrected chi connectivity index (χ4v) is 2.43. The Morgan fingerprint density at radius 3 is 2.48 bits per heavy atom. The van der Waals surface area contributed by atoms with Gasteiger partial charge in [0.15, 0.2) is 13.2 Å². The Bertz CT molecular complexity index is 884.